The molecule has 3 N–H and O–H groups in total. The number of carbonyl (C=O) groups is 1. The van der Waals surface area contributed by atoms with E-state index in [9.17, 15) is 4.79 Å². The van der Waals surface area contributed by atoms with Crippen LogP contribution in [0.15, 0.2) is 24.3 Å². The molecule has 104 valence electrons. The number of carbonyl (C=O) groups excluding carboxylic acids is 1. The molecular weight excluding hydrogens is 254 g/mol. The molecule has 0 saturated carbocycles. The van der Waals surface area contributed by atoms with Crippen molar-refractivity contribution in [2.24, 2.45) is 0 Å². The van der Waals surface area contributed by atoms with Crippen LogP contribution >= 0.6 is 0 Å². The molecule has 1 aromatic heterocycles. The second kappa shape index (κ2) is 5.09. The zero-order valence-electron chi connectivity index (χ0n) is 11.2. The summed E-state index contributed by atoms with van der Waals surface area (Å²) in [5, 5.41) is 13.7. The van der Waals surface area contributed by atoms with Crippen LogP contribution in [0.4, 0.5) is 5.69 Å². The molecule has 1 heterocycles. The number of aromatic nitrogens is 2. The molecule has 0 unspecified atom stereocenters. The van der Waals surface area contributed by atoms with Crippen molar-refractivity contribution in [2.75, 3.05) is 12.3 Å². The minimum Gasteiger partial charge on any atom is -0.399 e. The van der Waals surface area contributed by atoms with Gasteiger partial charge in [-0.05, 0) is 25.0 Å². The van der Waals surface area contributed by atoms with Gasteiger partial charge in [0.1, 0.15) is 5.69 Å². The highest BCUT2D eigenvalue weighted by atomic mass is 16.3. The lowest BCUT2D eigenvalue weighted by Crippen LogP contribution is -2.15. The second-order valence-corrected chi connectivity index (χ2v) is 5.02. The van der Waals surface area contributed by atoms with Crippen LogP contribution in [-0.4, -0.2) is 27.3 Å². The van der Waals surface area contributed by atoms with Gasteiger partial charge in [0.2, 0.25) is 0 Å². The molecule has 1 aliphatic rings. The van der Waals surface area contributed by atoms with Crippen molar-refractivity contribution < 1.29 is 9.90 Å². The molecule has 0 amide bonds. The first kappa shape index (κ1) is 12.9. The number of hydrogen-bond donors (Lipinski definition) is 2. The summed E-state index contributed by atoms with van der Waals surface area (Å²) in [6.45, 7) is 0.439. The number of aliphatic hydroxyl groups is 1. The van der Waals surface area contributed by atoms with Crippen molar-refractivity contribution in [3.8, 4) is 11.3 Å². The Hall–Kier alpha value is -2.14. The van der Waals surface area contributed by atoms with Crippen molar-refractivity contribution in [3.63, 3.8) is 0 Å². The normalized spacial score (nSPS) is 14.3. The summed E-state index contributed by atoms with van der Waals surface area (Å²) in [4.78, 5) is 12.2. The molecule has 0 fully saturated rings. The van der Waals surface area contributed by atoms with Crippen LogP contribution in [0.1, 0.15) is 28.9 Å². The second-order valence-electron chi connectivity index (χ2n) is 5.02. The number of rotatable bonds is 3. The number of fused-ring (bicyclic) bond motifs is 1. The summed E-state index contributed by atoms with van der Waals surface area (Å²) < 4.78 is 1.76. The minimum atomic E-state index is 0.0173. The molecular formula is C15H17N3O2. The molecule has 20 heavy (non-hydrogen) atoms. The van der Waals surface area contributed by atoms with Crippen molar-refractivity contribution in [1.29, 1.82) is 0 Å². The Morgan fingerprint density at radius 3 is 2.70 bits per heavy atom. The van der Waals surface area contributed by atoms with Gasteiger partial charge < -0.3 is 10.8 Å². The molecule has 0 aliphatic heterocycles. The summed E-state index contributed by atoms with van der Waals surface area (Å²) >= 11 is 0. The Labute approximate surface area is 117 Å². The van der Waals surface area contributed by atoms with E-state index in [1.807, 2.05) is 12.1 Å². The molecule has 1 aromatic carbocycles. The first-order valence-electron chi connectivity index (χ1n) is 6.80. The maximum absolute atomic E-state index is 12.2. The van der Waals surface area contributed by atoms with Crippen molar-refractivity contribution in [3.05, 3.63) is 35.5 Å². The zero-order chi connectivity index (χ0) is 14.1. The highest BCUT2D eigenvalue weighted by molar-refractivity contribution is 6.03. The van der Waals surface area contributed by atoms with E-state index in [2.05, 4.69) is 5.10 Å². The van der Waals surface area contributed by atoms with Crippen molar-refractivity contribution in [1.82, 2.24) is 9.78 Å². The lowest BCUT2D eigenvalue weighted by atomic mass is 9.92. The SMILES string of the molecule is Nc1ccc(-c2nn(CCO)c3c2C(=O)CCC3)cc1. The standard InChI is InChI=1S/C15H17N3O2/c16-11-6-4-10(5-7-11)15-14-12(2-1-3-13(14)20)18(17-15)8-9-19/h4-7,19H,1-3,8-9,16H2. The number of nitrogens with two attached hydrogens (primary N) is 1. The summed E-state index contributed by atoms with van der Waals surface area (Å²) in [5.41, 5.74) is 9.64. The van der Waals surface area contributed by atoms with E-state index < -0.39 is 0 Å². The summed E-state index contributed by atoms with van der Waals surface area (Å²) in [7, 11) is 0. The van der Waals surface area contributed by atoms with E-state index in [1.165, 1.54) is 0 Å². The third-order valence-corrected chi connectivity index (χ3v) is 3.65. The third kappa shape index (κ3) is 2.10. The zero-order valence-corrected chi connectivity index (χ0v) is 11.2. The first-order chi connectivity index (χ1) is 9.70. The number of ketones is 1. The summed E-state index contributed by atoms with van der Waals surface area (Å²) in [5.74, 6) is 0.141. The molecule has 0 atom stereocenters. The van der Waals surface area contributed by atoms with Crippen molar-refractivity contribution >= 4 is 11.5 Å². The molecule has 1 aliphatic carbocycles. The van der Waals surface area contributed by atoms with Gasteiger partial charge in [-0.3, -0.25) is 9.48 Å². The fourth-order valence-electron chi connectivity index (χ4n) is 2.71. The molecule has 0 radical (unpaired) electrons. The Kier molecular flexibility index (Phi) is 3.28. The van der Waals surface area contributed by atoms with E-state index in [1.54, 1.807) is 16.8 Å². The van der Waals surface area contributed by atoms with Crippen LogP contribution in [0.5, 0.6) is 0 Å². The maximum Gasteiger partial charge on any atom is 0.166 e. The largest absolute Gasteiger partial charge is 0.399 e. The van der Waals surface area contributed by atoms with Crippen LogP contribution < -0.4 is 5.73 Å². The highest BCUT2D eigenvalue weighted by Gasteiger charge is 2.27. The molecule has 5 heteroatoms. The van der Waals surface area contributed by atoms with Crippen LogP contribution in [0.2, 0.25) is 0 Å². The van der Waals surface area contributed by atoms with Gasteiger partial charge in [-0.2, -0.15) is 5.10 Å². The summed E-state index contributed by atoms with van der Waals surface area (Å²) in [6.07, 6.45) is 2.26. The fourth-order valence-corrected chi connectivity index (χ4v) is 2.71. The molecule has 0 bridgehead atoms. The predicted molar refractivity (Wildman–Crippen MR) is 76.4 cm³/mol. The van der Waals surface area contributed by atoms with Crippen LogP contribution in [0.3, 0.4) is 0 Å². The molecule has 2 aromatic rings. The molecule has 0 spiro atoms. The number of aliphatic hydroxyl groups excluding tert-OH is 1. The monoisotopic (exact) mass is 271 g/mol. The summed E-state index contributed by atoms with van der Waals surface area (Å²) in [6, 6.07) is 7.37. The maximum atomic E-state index is 12.2. The van der Waals surface area contributed by atoms with Gasteiger partial charge in [0, 0.05) is 23.4 Å². The number of anilines is 1. The topological polar surface area (TPSA) is 81.1 Å². The quantitative estimate of drug-likeness (QED) is 0.832. The third-order valence-electron chi connectivity index (χ3n) is 3.65. The fraction of sp³-hybridized carbons (Fsp3) is 0.333. The lowest BCUT2D eigenvalue weighted by Gasteiger charge is -2.12. The Balaban J connectivity index is 2.15. The van der Waals surface area contributed by atoms with Gasteiger partial charge in [-0.25, -0.2) is 0 Å². The van der Waals surface area contributed by atoms with E-state index in [4.69, 9.17) is 10.8 Å². The number of nitrogens with zero attached hydrogens (tertiary/aromatic N) is 2. The Bertz CT molecular complexity index is 644. The van der Waals surface area contributed by atoms with Crippen molar-refractivity contribution in [2.45, 2.75) is 25.8 Å². The van der Waals surface area contributed by atoms with E-state index in [0.717, 1.165) is 29.7 Å². The van der Waals surface area contributed by atoms with Gasteiger partial charge in [0.25, 0.3) is 0 Å². The number of hydrogen-bond acceptors (Lipinski definition) is 4. The van der Waals surface area contributed by atoms with E-state index in [0.29, 0.717) is 24.3 Å². The van der Waals surface area contributed by atoms with E-state index >= 15 is 0 Å². The number of Topliss-reactive ketones (excluding diaryl/α,β-unsaturated/α-hetero) is 1. The molecule has 5 nitrogen and oxygen atoms in total. The highest BCUT2D eigenvalue weighted by Crippen LogP contribution is 2.31. The van der Waals surface area contributed by atoms with Crippen LogP contribution in [0.25, 0.3) is 11.3 Å². The minimum absolute atomic E-state index is 0.0173. The number of benzene rings is 1. The van der Waals surface area contributed by atoms with Gasteiger partial charge >= 0.3 is 0 Å². The van der Waals surface area contributed by atoms with Gasteiger partial charge in [0.15, 0.2) is 5.78 Å². The van der Waals surface area contributed by atoms with Gasteiger partial charge in [-0.15, -0.1) is 0 Å². The Morgan fingerprint density at radius 1 is 1.25 bits per heavy atom. The average Bonchev–Trinajstić information content (AvgIpc) is 2.81. The van der Waals surface area contributed by atoms with Gasteiger partial charge in [-0.1, -0.05) is 12.1 Å². The molecule has 3 rings (SSSR count). The van der Waals surface area contributed by atoms with Crippen LogP contribution in [-0.2, 0) is 13.0 Å². The smallest absolute Gasteiger partial charge is 0.166 e. The Morgan fingerprint density at radius 2 is 2.00 bits per heavy atom. The predicted octanol–water partition coefficient (Wildman–Crippen LogP) is 1.64. The number of nitrogen functional groups attached to an aromatic ring is 1. The molecule has 0 saturated heterocycles. The van der Waals surface area contributed by atoms with Crippen LogP contribution in [0, 0.1) is 0 Å². The van der Waals surface area contributed by atoms with E-state index in [-0.39, 0.29) is 12.4 Å². The van der Waals surface area contributed by atoms with Gasteiger partial charge in [0.05, 0.1) is 18.7 Å². The lowest BCUT2D eigenvalue weighted by molar-refractivity contribution is 0.0972. The first-order valence-corrected chi connectivity index (χ1v) is 6.80. The average molecular weight is 271 g/mol.